The highest BCUT2D eigenvalue weighted by Crippen LogP contribution is 2.19. The van der Waals surface area contributed by atoms with Gasteiger partial charge in [-0.25, -0.2) is 0 Å². The summed E-state index contributed by atoms with van der Waals surface area (Å²) >= 11 is 0. The van der Waals surface area contributed by atoms with Crippen molar-refractivity contribution in [2.24, 2.45) is 17.8 Å². The average molecular weight is 1000 g/mol. The molecule has 0 radical (unpaired) electrons. The normalized spacial score (nSPS) is 12.5. The van der Waals surface area contributed by atoms with Gasteiger partial charge in [0.1, 0.15) is 13.2 Å². The lowest BCUT2D eigenvalue weighted by Crippen LogP contribution is -2.30. The second kappa shape index (κ2) is 56.1. The smallest absolute Gasteiger partial charge is 0.306 e. The van der Waals surface area contributed by atoms with E-state index in [4.69, 9.17) is 14.2 Å². The first-order chi connectivity index (χ1) is 34.6. The number of ether oxygens (including phenoxy) is 3. The van der Waals surface area contributed by atoms with Crippen molar-refractivity contribution in [1.29, 1.82) is 0 Å². The molecule has 0 saturated carbocycles. The Balaban J connectivity index is 4.27. The largest absolute Gasteiger partial charge is 0.462 e. The highest BCUT2D eigenvalue weighted by Gasteiger charge is 2.19. The van der Waals surface area contributed by atoms with Crippen LogP contribution in [-0.2, 0) is 28.6 Å². The molecule has 71 heavy (non-hydrogen) atoms. The van der Waals surface area contributed by atoms with Gasteiger partial charge in [0.15, 0.2) is 6.10 Å². The molecule has 0 saturated heterocycles. The van der Waals surface area contributed by atoms with Crippen molar-refractivity contribution < 1.29 is 28.6 Å². The lowest BCUT2D eigenvalue weighted by atomic mass is 9.99. The summed E-state index contributed by atoms with van der Waals surface area (Å²) in [6, 6.07) is 0. The summed E-state index contributed by atoms with van der Waals surface area (Å²) in [5.41, 5.74) is 0. The molecule has 2 atom stereocenters. The minimum Gasteiger partial charge on any atom is -0.462 e. The highest BCUT2D eigenvalue weighted by atomic mass is 16.6. The molecule has 0 rings (SSSR count). The topological polar surface area (TPSA) is 78.9 Å². The van der Waals surface area contributed by atoms with Crippen LogP contribution in [-0.4, -0.2) is 37.2 Å². The molecule has 0 bridgehead atoms. The monoisotopic (exact) mass is 1000 g/mol. The minimum absolute atomic E-state index is 0.0627. The van der Waals surface area contributed by atoms with Crippen LogP contribution < -0.4 is 0 Å². The summed E-state index contributed by atoms with van der Waals surface area (Å²) in [4.78, 5) is 38.3. The molecule has 0 spiro atoms. The molecule has 0 amide bonds. The van der Waals surface area contributed by atoms with Crippen LogP contribution in [0.2, 0.25) is 0 Å². The molecule has 0 aromatic rings. The Labute approximate surface area is 444 Å². The van der Waals surface area contributed by atoms with Gasteiger partial charge in [-0.2, -0.15) is 0 Å². The van der Waals surface area contributed by atoms with Crippen molar-refractivity contribution in [2.45, 2.75) is 369 Å². The first-order valence-electron chi connectivity index (χ1n) is 32.1. The quantitative estimate of drug-likeness (QED) is 0.0343. The number of unbranched alkanes of at least 4 members (excludes halogenated alkanes) is 40. The Morgan fingerprint density at radius 3 is 0.732 bits per heavy atom. The fourth-order valence-corrected chi connectivity index (χ4v) is 10.0. The summed E-state index contributed by atoms with van der Waals surface area (Å²) in [5.74, 6) is 1.75. The van der Waals surface area contributed by atoms with Gasteiger partial charge >= 0.3 is 17.9 Å². The van der Waals surface area contributed by atoms with Crippen molar-refractivity contribution >= 4 is 17.9 Å². The van der Waals surface area contributed by atoms with Gasteiger partial charge in [-0.05, 0) is 37.0 Å². The molecule has 1 unspecified atom stereocenters. The molecule has 0 aliphatic rings. The fourth-order valence-electron chi connectivity index (χ4n) is 10.0. The molecule has 0 aromatic carbocycles. The van der Waals surface area contributed by atoms with Crippen molar-refractivity contribution in [3.63, 3.8) is 0 Å². The predicted octanol–water partition coefficient (Wildman–Crippen LogP) is 21.5. The first kappa shape index (κ1) is 69.4. The Kier molecular flexibility index (Phi) is 54.9. The van der Waals surface area contributed by atoms with Crippen LogP contribution in [0.4, 0.5) is 0 Å². The van der Waals surface area contributed by atoms with Crippen LogP contribution in [0.15, 0.2) is 0 Å². The Bertz CT molecular complexity index is 1100. The summed E-state index contributed by atoms with van der Waals surface area (Å²) in [6.45, 7) is 13.8. The zero-order valence-corrected chi connectivity index (χ0v) is 49.0. The average Bonchev–Trinajstić information content (AvgIpc) is 3.35. The van der Waals surface area contributed by atoms with Gasteiger partial charge in [0.25, 0.3) is 0 Å². The number of esters is 3. The SMILES string of the molecule is CCC(C)CCCCCCCCCCCCCCCCCCCCC(=O)O[C@@H](COC(=O)CCCCCCCCCCCCCCCC(C)C)COC(=O)CCCCCCCCCCCCCCC(C)C. The third-order valence-electron chi connectivity index (χ3n) is 15.3. The molecule has 6 nitrogen and oxygen atoms in total. The number of hydrogen-bond acceptors (Lipinski definition) is 6. The van der Waals surface area contributed by atoms with Gasteiger partial charge in [0.2, 0.25) is 0 Å². The number of hydrogen-bond donors (Lipinski definition) is 0. The van der Waals surface area contributed by atoms with E-state index in [-0.39, 0.29) is 31.1 Å². The lowest BCUT2D eigenvalue weighted by Gasteiger charge is -2.18. The highest BCUT2D eigenvalue weighted by molar-refractivity contribution is 5.71. The van der Waals surface area contributed by atoms with E-state index in [1.807, 2.05) is 0 Å². The van der Waals surface area contributed by atoms with Crippen LogP contribution in [0, 0.1) is 17.8 Å². The molecular weight excluding hydrogens is 877 g/mol. The standard InChI is InChI=1S/C65H126O6/c1-7-61(6)53-47-41-35-29-23-16-12-10-8-9-11-13-17-26-32-38-44-50-56-65(68)71-62(58-70-64(67)55-49-43-37-31-25-20-19-22-28-34-40-46-52-60(4)5)57-69-63(66)54-48-42-36-30-24-18-14-15-21-27-33-39-45-51-59(2)3/h59-62H,7-58H2,1-6H3/t61?,62-/m0/s1. The fraction of sp³-hybridized carbons (Fsp3) is 0.954. The zero-order chi connectivity index (χ0) is 51.9. The van der Waals surface area contributed by atoms with E-state index < -0.39 is 6.10 Å². The van der Waals surface area contributed by atoms with E-state index in [0.717, 1.165) is 75.5 Å². The minimum atomic E-state index is -0.764. The number of carbonyl (C=O) groups is 3. The van der Waals surface area contributed by atoms with Gasteiger partial charge in [-0.3, -0.25) is 14.4 Å². The summed E-state index contributed by atoms with van der Waals surface area (Å²) in [6.07, 6.45) is 61.0. The second-order valence-corrected chi connectivity index (χ2v) is 23.6. The third kappa shape index (κ3) is 57.5. The zero-order valence-electron chi connectivity index (χ0n) is 49.0. The molecule has 0 heterocycles. The Hall–Kier alpha value is -1.59. The lowest BCUT2D eigenvalue weighted by molar-refractivity contribution is -0.167. The Morgan fingerprint density at radius 1 is 0.282 bits per heavy atom. The van der Waals surface area contributed by atoms with E-state index in [9.17, 15) is 14.4 Å². The predicted molar refractivity (Wildman–Crippen MR) is 307 cm³/mol. The van der Waals surface area contributed by atoms with Crippen LogP contribution in [0.1, 0.15) is 363 Å². The maximum absolute atomic E-state index is 12.9. The Morgan fingerprint density at radius 2 is 0.493 bits per heavy atom. The summed E-state index contributed by atoms with van der Waals surface area (Å²) in [7, 11) is 0. The van der Waals surface area contributed by atoms with Crippen LogP contribution in [0.3, 0.4) is 0 Å². The number of rotatable bonds is 58. The van der Waals surface area contributed by atoms with Crippen LogP contribution in [0.5, 0.6) is 0 Å². The molecule has 0 fully saturated rings. The van der Waals surface area contributed by atoms with Crippen molar-refractivity contribution in [1.82, 2.24) is 0 Å². The molecule has 0 aliphatic carbocycles. The molecule has 422 valence electrons. The van der Waals surface area contributed by atoms with Gasteiger partial charge in [0, 0.05) is 19.3 Å². The first-order valence-corrected chi connectivity index (χ1v) is 32.1. The summed E-state index contributed by atoms with van der Waals surface area (Å²) < 4.78 is 17.0. The van der Waals surface area contributed by atoms with Crippen molar-refractivity contribution in [3.8, 4) is 0 Å². The van der Waals surface area contributed by atoms with Gasteiger partial charge in [0.05, 0.1) is 0 Å². The summed E-state index contributed by atoms with van der Waals surface area (Å²) in [5, 5.41) is 0. The number of carbonyl (C=O) groups excluding carboxylic acids is 3. The maximum Gasteiger partial charge on any atom is 0.306 e. The molecule has 0 N–H and O–H groups in total. The third-order valence-corrected chi connectivity index (χ3v) is 15.3. The van der Waals surface area contributed by atoms with Gasteiger partial charge in [-0.15, -0.1) is 0 Å². The van der Waals surface area contributed by atoms with Gasteiger partial charge < -0.3 is 14.2 Å². The van der Waals surface area contributed by atoms with E-state index >= 15 is 0 Å². The molecule has 0 aromatic heterocycles. The van der Waals surface area contributed by atoms with Crippen LogP contribution in [0.25, 0.3) is 0 Å². The molecule has 0 aliphatic heterocycles. The van der Waals surface area contributed by atoms with E-state index in [1.165, 1.54) is 244 Å². The molecular formula is C65H126O6. The van der Waals surface area contributed by atoms with E-state index in [2.05, 4.69) is 41.5 Å². The second-order valence-electron chi connectivity index (χ2n) is 23.6. The van der Waals surface area contributed by atoms with Crippen LogP contribution >= 0.6 is 0 Å². The van der Waals surface area contributed by atoms with E-state index in [0.29, 0.717) is 19.3 Å². The van der Waals surface area contributed by atoms with Gasteiger partial charge in [-0.1, -0.05) is 324 Å². The van der Waals surface area contributed by atoms with E-state index in [1.54, 1.807) is 0 Å². The molecule has 6 heteroatoms. The van der Waals surface area contributed by atoms with Crippen molar-refractivity contribution in [2.75, 3.05) is 13.2 Å². The van der Waals surface area contributed by atoms with Crippen molar-refractivity contribution in [3.05, 3.63) is 0 Å². The maximum atomic E-state index is 12.9.